The van der Waals surface area contributed by atoms with E-state index in [1.807, 2.05) is 24.3 Å². The number of nitrogens with zero attached hydrogens (tertiary/aromatic N) is 2. The predicted octanol–water partition coefficient (Wildman–Crippen LogP) is 6.43. The summed E-state index contributed by atoms with van der Waals surface area (Å²) >= 11 is 0. The number of hydrogen-bond acceptors (Lipinski definition) is 6. The van der Waals surface area contributed by atoms with Gasteiger partial charge in [-0.2, -0.15) is 5.10 Å². The van der Waals surface area contributed by atoms with E-state index in [-0.39, 0.29) is 35.7 Å². The van der Waals surface area contributed by atoms with Gasteiger partial charge in [0.15, 0.2) is 11.6 Å². The van der Waals surface area contributed by atoms with Crippen molar-refractivity contribution >= 4 is 47.9 Å². The average molecular weight is 618 g/mol. The molecule has 0 saturated heterocycles. The largest absolute Gasteiger partial charge is 0.478 e. The fourth-order valence-electron chi connectivity index (χ4n) is 3.91. The van der Waals surface area contributed by atoms with E-state index < -0.39 is 18.0 Å². The number of hydrogen-bond donors (Lipinski definition) is 3. The lowest BCUT2D eigenvalue weighted by molar-refractivity contribution is 0.0686. The molecule has 0 bridgehead atoms. The second kappa shape index (κ2) is 16.4. The Morgan fingerprint density at radius 1 is 0.609 bits per heavy atom. The number of carboxylic acids is 2. The van der Waals surface area contributed by atoms with Gasteiger partial charge in [-0.1, -0.05) is 98.1 Å². The van der Waals surface area contributed by atoms with Crippen LogP contribution < -0.4 is 5.73 Å². The fraction of sp³-hybridized carbons (Fsp3) is 0.0556. The van der Waals surface area contributed by atoms with E-state index >= 15 is 0 Å². The number of rotatable bonds is 12. The maximum atomic E-state index is 12.1. The van der Waals surface area contributed by atoms with Crippen molar-refractivity contribution in [1.82, 2.24) is 5.01 Å². The van der Waals surface area contributed by atoms with Crippen molar-refractivity contribution in [2.24, 2.45) is 10.8 Å². The first-order valence-electron chi connectivity index (χ1n) is 13.8. The third kappa shape index (κ3) is 10.1. The van der Waals surface area contributed by atoms with Crippen molar-refractivity contribution in [2.45, 2.75) is 13.0 Å². The molecule has 0 unspecified atom stereocenters. The highest BCUT2D eigenvalue weighted by atomic mass is 16.4. The summed E-state index contributed by atoms with van der Waals surface area (Å²) in [6.45, 7) is 7.55. The number of primary amides is 1. The van der Waals surface area contributed by atoms with Crippen molar-refractivity contribution in [3.05, 3.63) is 155 Å². The highest BCUT2D eigenvalue weighted by Crippen LogP contribution is 2.13. The van der Waals surface area contributed by atoms with Gasteiger partial charge in [0, 0.05) is 11.1 Å². The van der Waals surface area contributed by atoms with Gasteiger partial charge in [0.25, 0.3) is 0 Å². The Labute approximate surface area is 265 Å². The topological polar surface area (TPSA) is 167 Å². The van der Waals surface area contributed by atoms with Crippen LogP contribution >= 0.6 is 0 Å². The Hall–Kier alpha value is -6.42. The SMILES string of the molecule is C=Cc1ccc(C(=O)CC(=O)c2ccc(C(=O)O)cc2)cc1.C=Cc1ccc(CN(N=Cc2ccc(C(=O)O)cc2)C(N)=O)cc1. The molecule has 0 saturated carbocycles. The second-order valence-corrected chi connectivity index (χ2v) is 9.75. The summed E-state index contributed by atoms with van der Waals surface area (Å²) in [6, 6.07) is 25.3. The highest BCUT2D eigenvalue weighted by Gasteiger charge is 2.14. The molecular weight excluding hydrogens is 586 g/mol. The van der Waals surface area contributed by atoms with Gasteiger partial charge in [0.2, 0.25) is 0 Å². The number of carbonyl (C=O) groups excluding carboxylic acids is 3. The number of amides is 2. The van der Waals surface area contributed by atoms with Gasteiger partial charge in [-0.3, -0.25) is 9.59 Å². The van der Waals surface area contributed by atoms with E-state index in [4.69, 9.17) is 15.9 Å². The maximum absolute atomic E-state index is 12.1. The Bertz CT molecular complexity index is 1760. The molecular formula is C36H31N3O7. The molecule has 0 spiro atoms. The lowest BCUT2D eigenvalue weighted by Gasteiger charge is -2.14. The molecule has 4 rings (SSSR count). The van der Waals surface area contributed by atoms with E-state index in [9.17, 15) is 24.0 Å². The fourth-order valence-corrected chi connectivity index (χ4v) is 3.91. The van der Waals surface area contributed by atoms with Gasteiger partial charge in [-0.15, -0.1) is 0 Å². The van der Waals surface area contributed by atoms with Crippen LogP contribution in [-0.2, 0) is 6.54 Å². The van der Waals surface area contributed by atoms with Crippen LogP contribution in [0.2, 0.25) is 0 Å². The first-order chi connectivity index (χ1) is 22.0. The lowest BCUT2D eigenvalue weighted by atomic mass is 10.00. The number of carbonyl (C=O) groups is 5. The van der Waals surface area contributed by atoms with Gasteiger partial charge >= 0.3 is 18.0 Å². The molecule has 10 heteroatoms. The number of aromatic carboxylic acids is 2. The quantitative estimate of drug-likeness (QED) is 0.0713. The molecule has 0 aromatic heterocycles. The highest BCUT2D eigenvalue weighted by molar-refractivity contribution is 6.13. The Morgan fingerprint density at radius 2 is 0.978 bits per heavy atom. The molecule has 0 radical (unpaired) electrons. The zero-order chi connectivity index (χ0) is 33.6. The van der Waals surface area contributed by atoms with E-state index in [0.29, 0.717) is 16.7 Å². The molecule has 232 valence electrons. The summed E-state index contributed by atoms with van der Waals surface area (Å²) in [5, 5.41) is 22.9. The lowest BCUT2D eigenvalue weighted by Crippen LogP contribution is -2.30. The molecule has 0 aliphatic rings. The van der Waals surface area contributed by atoms with Gasteiger partial charge in [0.1, 0.15) is 0 Å². The van der Waals surface area contributed by atoms with E-state index in [2.05, 4.69) is 18.3 Å². The summed E-state index contributed by atoms with van der Waals surface area (Å²) in [5.41, 5.74) is 9.82. The summed E-state index contributed by atoms with van der Waals surface area (Å²) in [5.74, 6) is -2.67. The zero-order valence-electron chi connectivity index (χ0n) is 24.7. The van der Waals surface area contributed by atoms with Crippen LogP contribution in [-0.4, -0.2) is 51.0 Å². The van der Waals surface area contributed by atoms with Crippen LogP contribution in [0.3, 0.4) is 0 Å². The molecule has 0 aliphatic heterocycles. The van der Waals surface area contributed by atoms with Gasteiger partial charge < -0.3 is 15.9 Å². The van der Waals surface area contributed by atoms with Crippen LogP contribution in [0.1, 0.15) is 70.1 Å². The average Bonchev–Trinajstić information content (AvgIpc) is 3.07. The summed E-state index contributed by atoms with van der Waals surface area (Å²) in [6.07, 6.45) is 4.60. The van der Waals surface area contributed by atoms with E-state index in [1.165, 1.54) is 42.6 Å². The van der Waals surface area contributed by atoms with Crippen LogP contribution in [0.15, 0.2) is 115 Å². The van der Waals surface area contributed by atoms with Crippen molar-refractivity contribution in [2.75, 3.05) is 0 Å². The van der Waals surface area contributed by atoms with Gasteiger partial charge in [-0.05, 0) is 46.5 Å². The van der Waals surface area contributed by atoms with Crippen LogP contribution in [0.4, 0.5) is 4.79 Å². The minimum Gasteiger partial charge on any atom is -0.478 e. The van der Waals surface area contributed by atoms with Gasteiger partial charge in [-0.25, -0.2) is 19.4 Å². The number of benzene rings is 4. The Kier molecular flexibility index (Phi) is 12.2. The Morgan fingerprint density at radius 3 is 1.39 bits per heavy atom. The van der Waals surface area contributed by atoms with Crippen LogP contribution in [0, 0.1) is 0 Å². The normalized spacial score (nSPS) is 10.3. The van der Waals surface area contributed by atoms with Crippen molar-refractivity contribution in [3.8, 4) is 0 Å². The minimum absolute atomic E-state index is 0.0999. The zero-order valence-corrected chi connectivity index (χ0v) is 24.7. The molecule has 0 atom stereocenters. The van der Waals surface area contributed by atoms with E-state index in [0.717, 1.165) is 21.7 Å². The maximum Gasteiger partial charge on any atom is 0.335 e. The van der Waals surface area contributed by atoms with Crippen LogP contribution in [0.25, 0.3) is 12.2 Å². The van der Waals surface area contributed by atoms with Crippen molar-refractivity contribution in [1.29, 1.82) is 0 Å². The second-order valence-electron chi connectivity index (χ2n) is 9.75. The number of Topliss-reactive ketones (excluding diaryl/α,β-unsaturated/α-hetero) is 2. The van der Waals surface area contributed by atoms with Crippen molar-refractivity contribution in [3.63, 3.8) is 0 Å². The summed E-state index contributed by atoms with van der Waals surface area (Å²) in [4.78, 5) is 57.2. The molecule has 46 heavy (non-hydrogen) atoms. The molecule has 0 aliphatic carbocycles. The molecule has 0 heterocycles. The third-order valence-corrected chi connectivity index (χ3v) is 6.55. The molecule has 0 fully saturated rings. The standard InChI is InChI=1S/C18H17N3O3.C18H14O4/c1-2-13-3-5-15(6-4-13)12-21(18(19)24)20-11-14-7-9-16(10-8-14)17(22)23;1-2-12-3-5-13(6-4-12)16(19)11-17(20)14-7-9-15(10-8-14)18(21)22/h2-11H,1,12H2,(H2,19,24)(H,22,23);2-10H,1,11H2,(H,21,22). The van der Waals surface area contributed by atoms with Crippen molar-refractivity contribution < 1.29 is 34.2 Å². The first kappa shape index (κ1) is 34.1. The predicted molar refractivity (Wildman–Crippen MR) is 176 cm³/mol. The minimum atomic E-state index is -1.06. The molecule has 4 aromatic rings. The number of urea groups is 1. The number of nitrogens with two attached hydrogens (primary N) is 1. The smallest absolute Gasteiger partial charge is 0.335 e. The molecule has 4 aromatic carbocycles. The monoisotopic (exact) mass is 617 g/mol. The number of carboxylic acid groups (broad SMARTS) is 2. The first-order valence-corrected chi connectivity index (χ1v) is 13.8. The van der Waals surface area contributed by atoms with Crippen LogP contribution in [0.5, 0.6) is 0 Å². The number of ketones is 2. The summed E-state index contributed by atoms with van der Waals surface area (Å²) < 4.78 is 0. The molecule has 4 N–H and O–H groups in total. The van der Waals surface area contributed by atoms with E-state index in [1.54, 1.807) is 48.6 Å². The Balaban J connectivity index is 0.000000251. The number of hydrazone groups is 1. The molecule has 2 amide bonds. The van der Waals surface area contributed by atoms with Gasteiger partial charge in [0.05, 0.1) is 30.3 Å². The third-order valence-electron chi connectivity index (χ3n) is 6.55. The molecule has 10 nitrogen and oxygen atoms in total. The summed E-state index contributed by atoms with van der Waals surface area (Å²) in [7, 11) is 0.